The molecule has 0 amide bonds. The molecule has 1 aromatic carbocycles. The number of hydrogen-bond donors (Lipinski definition) is 2. The molecule has 2 unspecified atom stereocenters. The van der Waals surface area contributed by atoms with Gasteiger partial charge >= 0.3 is 0 Å². The average molecular weight is 297 g/mol. The van der Waals surface area contributed by atoms with E-state index in [1.165, 1.54) is 5.56 Å². The van der Waals surface area contributed by atoms with Gasteiger partial charge in [0.15, 0.2) is 0 Å². The van der Waals surface area contributed by atoms with Crippen LogP contribution in [0.4, 0.5) is 0 Å². The van der Waals surface area contributed by atoms with Crippen molar-refractivity contribution in [2.45, 2.75) is 38.0 Å². The van der Waals surface area contributed by atoms with Crippen LogP contribution in [0, 0.1) is 0 Å². The summed E-state index contributed by atoms with van der Waals surface area (Å²) < 4.78 is 5.21. The fourth-order valence-electron chi connectivity index (χ4n) is 1.95. The zero-order valence-electron chi connectivity index (χ0n) is 12.8. The van der Waals surface area contributed by atoms with Crippen LogP contribution >= 0.6 is 11.8 Å². The van der Waals surface area contributed by atoms with Crippen molar-refractivity contribution in [3.8, 4) is 5.75 Å². The van der Waals surface area contributed by atoms with E-state index in [0.717, 1.165) is 30.9 Å². The molecule has 4 heteroatoms. The van der Waals surface area contributed by atoms with Gasteiger partial charge in [-0.1, -0.05) is 26.0 Å². The van der Waals surface area contributed by atoms with Crippen LogP contribution in [-0.2, 0) is 0 Å². The molecule has 3 nitrogen and oxygen atoms in total. The summed E-state index contributed by atoms with van der Waals surface area (Å²) in [6.45, 7) is 5.64. The molecule has 20 heavy (non-hydrogen) atoms. The summed E-state index contributed by atoms with van der Waals surface area (Å²) in [5.74, 6) is 1.91. The van der Waals surface area contributed by atoms with Crippen LogP contribution in [-0.4, -0.2) is 36.4 Å². The van der Waals surface area contributed by atoms with Crippen LogP contribution < -0.4 is 10.1 Å². The van der Waals surface area contributed by atoms with E-state index in [4.69, 9.17) is 9.84 Å². The number of rotatable bonds is 10. The monoisotopic (exact) mass is 297 g/mol. The van der Waals surface area contributed by atoms with Crippen molar-refractivity contribution in [3.63, 3.8) is 0 Å². The van der Waals surface area contributed by atoms with Gasteiger partial charge in [0.05, 0.1) is 7.11 Å². The third-order valence-electron chi connectivity index (χ3n) is 3.24. The highest BCUT2D eigenvalue weighted by Gasteiger charge is 2.13. The number of nitrogens with one attached hydrogen (secondary N) is 1. The van der Waals surface area contributed by atoms with Crippen LogP contribution in [0.25, 0.3) is 0 Å². The quantitative estimate of drug-likeness (QED) is 0.695. The lowest BCUT2D eigenvalue weighted by Gasteiger charge is -2.21. The fraction of sp³-hybridized carbons (Fsp3) is 0.625. The first-order chi connectivity index (χ1) is 9.71. The summed E-state index contributed by atoms with van der Waals surface area (Å²) >= 11 is 1.91. The minimum absolute atomic E-state index is 0.268. The number of thioether (sulfide) groups is 1. The van der Waals surface area contributed by atoms with Crippen LogP contribution in [0.15, 0.2) is 24.3 Å². The molecule has 0 saturated carbocycles. The number of hydrogen-bond acceptors (Lipinski definition) is 4. The molecular formula is C16H27NO2S. The highest BCUT2D eigenvalue weighted by Crippen LogP contribution is 2.24. The number of aliphatic hydroxyl groups is 1. The second kappa shape index (κ2) is 10.1. The Morgan fingerprint density at radius 1 is 1.30 bits per heavy atom. The third-order valence-corrected chi connectivity index (χ3v) is 4.57. The number of benzene rings is 1. The minimum Gasteiger partial charge on any atom is -0.497 e. The van der Waals surface area contributed by atoms with E-state index in [1.54, 1.807) is 7.11 Å². The van der Waals surface area contributed by atoms with Crippen LogP contribution in [0.1, 0.15) is 38.3 Å². The molecule has 0 bridgehead atoms. The molecule has 0 fully saturated rings. The van der Waals surface area contributed by atoms with Gasteiger partial charge in [0.2, 0.25) is 0 Å². The second-order valence-electron chi connectivity index (χ2n) is 4.94. The molecule has 1 aromatic rings. The lowest BCUT2D eigenvalue weighted by molar-refractivity contribution is 0.289. The van der Waals surface area contributed by atoms with E-state index < -0.39 is 0 Å². The molecule has 114 valence electrons. The van der Waals surface area contributed by atoms with Crippen LogP contribution in [0.3, 0.4) is 0 Å². The Bertz CT molecular complexity index is 356. The summed E-state index contributed by atoms with van der Waals surface area (Å²) in [6, 6.07) is 8.63. The van der Waals surface area contributed by atoms with E-state index in [9.17, 15) is 0 Å². The lowest BCUT2D eigenvalue weighted by atomic mass is 10.1. The fourth-order valence-corrected chi connectivity index (χ4v) is 3.06. The maximum absolute atomic E-state index is 8.98. The Balaban J connectivity index is 2.61. The van der Waals surface area contributed by atoms with E-state index in [1.807, 2.05) is 23.9 Å². The summed E-state index contributed by atoms with van der Waals surface area (Å²) in [5.41, 5.74) is 1.29. The lowest BCUT2D eigenvalue weighted by Crippen LogP contribution is -2.24. The van der Waals surface area contributed by atoms with Gasteiger partial charge in [-0.2, -0.15) is 11.8 Å². The van der Waals surface area contributed by atoms with Gasteiger partial charge < -0.3 is 15.2 Å². The van der Waals surface area contributed by atoms with Crippen molar-refractivity contribution in [2.24, 2.45) is 0 Å². The maximum Gasteiger partial charge on any atom is 0.118 e. The molecule has 0 aliphatic carbocycles. The smallest absolute Gasteiger partial charge is 0.118 e. The van der Waals surface area contributed by atoms with Gasteiger partial charge in [-0.15, -0.1) is 0 Å². The minimum atomic E-state index is 0.268. The van der Waals surface area contributed by atoms with Gasteiger partial charge in [-0.3, -0.25) is 0 Å². The molecular weight excluding hydrogens is 270 g/mol. The molecule has 0 aliphatic rings. The SMILES string of the molecule is CCCNC(CSC(C)CCO)c1ccc(OC)cc1. The maximum atomic E-state index is 8.98. The summed E-state index contributed by atoms with van der Waals surface area (Å²) in [6.07, 6.45) is 1.98. The number of ether oxygens (including phenoxy) is 1. The van der Waals surface area contributed by atoms with Gasteiger partial charge in [-0.05, 0) is 37.1 Å². The van der Waals surface area contributed by atoms with Crippen LogP contribution in [0.5, 0.6) is 5.75 Å². The molecule has 0 aromatic heterocycles. The Morgan fingerprint density at radius 3 is 2.55 bits per heavy atom. The standard InChI is InChI=1S/C16H27NO2S/c1-4-10-17-16(12-20-13(2)9-11-18)14-5-7-15(19-3)8-6-14/h5-8,13,16-18H,4,9-12H2,1-3H3. The summed E-state index contributed by atoms with van der Waals surface area (Å²) in [4.78, 5) is 0. The van der Waals surface area contributed by atoms with Gasteiger partial charge in [0.25, 0.3) is 0 Å². The predicted octanol–water partition coefficient (Wildman–Crippen LogP) is 3.24. The second-order valence-corrected chi connectivity index (χ2v) is 6.41. The molecule has 0 aliphatic heterocycles. The van der Waals surface area contributed by atoms with Gasteiger partial charge in [0, 0.05) is 23.7 Å². The highest BCUT2D eigenvalue weighted by molar-refractivity contribution is 7.99. The predicted molar refractivity (Wildman–Crippen MR) is 87.7 cm³/mol. The summed E-state index contributed by atoms with van der Waals surface area (Å²) in [5, 5.41) is 13.1. The third kappa shape index (κ3) is 6.16. The van der Waals surface area contributed by atoms with Gasteiger partial charge in [0.1, 0.15) is 5.75 Å². The van der Waals surface area contributed by atoms with E-state index in [-0.39, 0.29) is 6.61 Å². The zero-order valence-corrected chi connectivity index (χ0v) is 13.6. The van der Waals surface area contributed by atoms with Crippen molar-refractivity contribution >= 4 is 11.8 Å². The number of methoxy groups -OCH3 is 1. The molecule has 0 saturated heterocycles. The zero-order chi connectivity index (χ0) is 14.8. The van der Waals surface area contributed by atoms with Gasteiger partial charge in [-0.25, -0.2) is 0 Å². The molecule has 2 N–H and O–H groups in total. The summed E-state index contributed by atoms with van der Waals surface area (Å²) in [7, 11) is 1.69. The van der Waals surface area contributed by atoms with Crippen molar-refractivity contribution < 1.29 is 9.84 Å². The normalized spacial score (nSPS) is 14.0. The van der Waals surface area contributed by atoms with Crippen molar-refractivity contribution in [1.82, 2.24) is 5.32 Å². The Hall–Kier alpha value is -0.710. The first kappa shape index (κ1) is 17.3. The van der Waals surface area contributed by atoms with Crippen molar-refractivity contribution in [3.05, 3.63) is 29.8 Å². The molecule has 1 rings (SSSR count). The topological polar surface area (TPSA) is 41.5 Å². The van der Waals surface area contributed by atoms with E-state index in [0.29, 0.717) is 11.3 Å². The first-order valence-electron chi connectivity index (χ1n) is 7.31. The largest absolute Gasteiger partial charge is 0.497 e. The van der Waals surface area contributed by atoms with Crippen LogP contribution in [0.2, 0.25) is 0 Å². The average Bonchev–Trinajstić information content (AvgIpc) is 2.48. The number of aliphatic hydroxyl groups excluding tert-OH is 1. The molecule has 0 radical (unpaired) electrons. The highest BCUT2D eigenvalue weighted by atomic mass is 32.2. The Labute approximate surface area is 127 Å². The van der Waals surface area contributed by atoms with Crippen molar-refractivity contribution in [1.29, 1.82) is 0 Å². The first-order valence-corrected chi connectivity index (χ1v) is 8.35. The Kier molecular flexibility index (Phi) is 8.74. The molecule has 2 atom stereocenters. The Morgan fingerprint density at radius 2 is 2.00 bits per heavy atom. The molecule has 0 heterocycles. The van der Waals surface area contributed by atoms with Crippen molar-refractivity contribution in [2.75, 3.05) is 26.0 Å². The van der Waals surface area contributed by atoms with E-state index in [2.05, 4.69) is 31.3 Å². The molecule has 0 spiro atoms. The van der Waals surface area contributed by atoms with E-state index >= 15 is 0 Å².